The minimum absolute atomic E-state index is 0.0225. The molecule has 30 nitrogen and oxygen atoms in total. The van der Waals surface area contributed by atoms with Crippen molar-refractivity contribution < 1.29 is 110 Å². The molecular weight excluding hydrogens is 1700 g/mol. The molecule has 4 fully saturated rings. The van der Waals surface area contributed by atoms with Gasteiger partial charge in [0, 0.05) is 113 Å². The van der Waals surface area contributed by atoms with Gasteiger partial charge in [-0.1, -0.05) is 72.8 Å². The lowest BCUT2D eigenvalue weighted by Gasteiger charge is -2.62. The first-order valence-electron chi connectivity index (χ1n) is 42.8. The van der Waals surface area contributed by atoms with E-state index in [1.807, 2.05) is 119 Å². The van der Waals surface area contributed by atoms with Crippen LogP contribution in [0, 0.1) is 39.0 Å². The summed E-state index contributed by atoms with van der Waals surface area (Å²) in [6.45, 7) is 10.3. The molecule has 2 spiro atoms. The second-order valence-electron chi connectivity index (χ2n) is 34.3. The Hall–Kier alpha value is -12.0. The van der Waals surface area contributed by atoms with E-state index in [1.165, 1.54) is 78.0 Å². The zero-order valence-corrected chi connectivity index (χ0v) is 74.7. The summed E-state index contributed by atoms with van der Waals surface area (Å²) in [5.74, 6) is 0.865. The van der Waals surface area contributed by atoms with Gasteiger partial charge in [-0.25, -0.2) is 19.2 Å². The number of esters is 6. The number of phenolic OH excluding ortho intramolecular Hbond substituents is 2. The largest absolute Gasteiger partial charge is 0.504 e. The van der Waals surface area contributed by atoms with Crippen LogP contribution in [0.15, 0.2) is 109 Å². The predicted octanol–water partition coefficient (Wildman–Crippen LogP) is 11.2. The average molecular weight is 1790 g/mol. The number of hydrogen-bond acceptors (Lipinski definition) is 32. The fourth-order valence-electron chi connectivity index (χ4n) is 22.1. The van der Waals surface area contributed by atoms with Crippen LogP contribution in [0.4, 0.5) is 0 Å². The molecule has 32 heteroatoms. The number of likely N-dealkylation sites (N-methyl/N-ethyl adjacent to an activating group) is 2. The maximum Gasteiger partial charge on any atom is 0.336 e. The number of aliphatic hydroxyl groups excluding tert-OH is 1. The van der Waals surface area contributed by atoms with Gasteiger partial charge in [0.1, 0.15) is 37.0 Å². The number of aromatic hydroxyl groups is 2. The molecule has 14 aliphatic rings. The predicted molar refractivity (Wildman–Crippen MR) is 471 cm³/mol. The number of benzene rings is 8. The molecule has 8 bridgehead atoms. The minimum atomic E-state index is -1.44. The Bertz CT molecular complexity index is 6110. The van der Waals surface area contributed by atoms with Crippen LogP contribution in [-0.2, 0) is 75.0 Å². The minimum Gasteiger partial charge on any atom is -0.504 e. The normalized spacial score (nSPS) is 26.4. The molecule has 0 radical (unpaired) electrons. The first-order valence-corrected chi connectivity index (χ1v) is 44.9. The van der Waals surface area contributed by atoms with E-state index in [2.05, 4.69) is 31.4 Å². The van der Waals surface area contributed by atoms with Crippen LogP contribution in [-0.4, -0.2) is 201 Å². The third kappa shape index (κ3) is 14.0. The summed E-state index contributed by atoms with van der Waals surface area (Å²) in [5.41, 5.74) is 9.94. The Balaban J connectivity index is 0.000000168. The first-order chi connectivity index (χ1) is 62.3. The summed E-state index contributed by atoms with van der Waals surface area (Å²) in [6, 6.07) is 27.2. The summed E-state index contributed by atoms with van der Waals surface area (Å²) < 4.78 is 84.9. The van der Waals surface area contributed by atoms with E-state index >= 15 is 9.59 Å². The number of aryl methyl sites for hydroxylation is 2. The van der Waals surface area contributed by atoms with Crippen LogP contribution in [0.5, 0.6) is 80.5 Å². The summed E-state index contributed by atoms with van der Waals surface area (Å²) in [6.07, 6.45) is 6.87. The monoisotopic (exact) mass is 1790 g/mol. The third-order valence-corrected chi connectivity index (χ3v) is 30.5. The van der Waals surface area contributed by atoms with Crippen LogP contribution in [0.25, 0.3) is 12.2 Å². The fraction of sp³-hybridized carbons (Fsp3) is 0.392. The van der Waals surface area contributed by atoms with Gasteiger partial charge in [-0.2, -0.15) is 5.26 Å². The van der Waals surface area contributed by atoms with Crippen molar-refractivity contribution in [1.82, 2.24) is 30.2 Å². The van der Waals surface area contributed by atoms with E-state index in [0.29, 0.717) is 140 Å². The number of nitrogens with one attached hydrogen (secondary N) is 2. The highest BCUT2D eigenvalue weighted by molar-refractivity contribution is 7.99. The van der Waals surface area contributed by atoms with E-state index in [1.54, 1.807) is 36.4 Å². The molecule has 8 aromatic carbocycles. The summed E-state index contributed by atoms with van der Waals surface area (Å²) in [7, 11) is 9.95. The molecule has 0 saturated carbocycles. The Morgan fingerprint density at radius 2 is 0.930 bits per heavy atom. The quantitative estimate of drug-likeness (QED) is 0.0431. The average Bonchev–Trinajstić information content (AvgIpc) is 1.52. The number of nitriles is 1. The zero-order chi connectivity index (χ0) is 90.2. The zero-order valence-electron chi connectivity index (χ0n) is 73.0. The molecule has 14 aliphatic heterocycles. The van der Waals surface area contributed by atoms with Gasteiger partial charge in [0.2, 0.25) is 13.6 Å². The number of phenols is 2. The molecule has 670 valence electrons. The van der Waals surface area contributed by atoms with E-state index in [-0.39, 0.29) is 78.8 Å². The lowest BCUT2D eigenvalue weighted by molar-refractivity contribution is -0.186. The Morgan fingerprint density at radius 3 is 1.36 bits per heavy atom. The SMILES string of the molecule is COc1cc2c(cc1OC(=O)/C=C/c1ccccc1)CCN[C@]21CS[C@@H]2c3c(OC(C)=O)c(C)c4c(c3[C@H](COC1=O)N1C2[C@H]2c3c(cc(C)c(OC)c3O)C[C@@H]([C@@H]1C#N)N2C)OCO4.COc1cc2c(cc1OC(=O)/C=C/c1ccccc1)CCN[C@]21CS[C@@H]2c3c(OC(C)=O)c(C)c4c(c3[C@H](COC1=O)N1C2[C@H]2c3c(cc(C)c(OC)c3O)C[C@@H]([C@@H]1O)N2C)OCO4. The molecule has 0 aliphatic carbocycles. The first kappa shape index (κ1) is 86.4. The molecule has 129 heavy (non-hydrogen) atoms. The number of methoxy groups -OCH3 is 4. The number of hydrogen-bond donors (Lipinski definition) is 5. The molecular formula is C97H97N7O23S2. The van der Waals surface area contributed by atoms with Crippen molar-refractivity contribution >= 4 is 71.5 Å². The van der Waals surface area contributed by atoms with Crippen molar-refractivity contribution in [3.8, 4) is 86.6 Å². The fourth-order valence-corrected chi connectivity index (χ4v) is 25.4. The second-order valence-corrected chi connectivity index (χ2v) is 36.6. The number of thioether (sulfide) groups is 2. The Morgan fingerprint density at radius 1 is 0.512 bits per heavy atom. The topological polar surface area (TPSA) is 353 Å². The van der Waals surface area contributed by atoms with Crippen LogP contribution >= 0.6 is 23.5 Å². The van der Waals surface area contributed by atoms with Crippen molar-refractivity contribution in [3.05, 3.63) is 209 Å². The highest BCUT2D eigenvalue weighted by Crippen LogP contribution is 2.68. The van der Waals surface area contributed by atoms with Crippen molar-refractivity contribution in [2.45, 2.75) is 149 Å². The van der Waals surface area contributed by atoms with Gasteiger partial charge in [0.05, 0.1) is 75.2 Å². The van der Waals surface area contributed by atoms with Crippen molar-refractivity contribution in [3.63, 3.8) is 0 Å². The lowest BCUT2D eigenvalue weighted by Crippen LogP contribution is -2.70. The van der Waals surface area contributed by atoms with Crippen LogP contribution in [0.3, 0.4) is 0 Å². The van der Waals surface area contributed by atoms with Gasteiger partial charge in [-0.15, -0.1) is 23.5 Å². The summed E-state index contributed by atoms with van der Waals surface area (Å²) in [4.78, 5) is 91.0. The van der Waals surface area contributed by atoms with Crippen molar-refractivity contribution in [2.24, 2.45) is 0 Å². The van der Waals surface area contributed by atoms with Crippen LogP contribution in [0.2, 0.25) is 0 Å². The highest BCUT2D eigenvalue weighted by Gasteiger charge is 2.65. The standard InChI is InChI=1S/C49H48N4O11S.C48H49N3O12S/c1-24-16-29-17-31-32(20-50)53-33-21-60-48(57)49(30-19-34(58-5)35(18-28(30)14-15-51-49)64-36(55)13-12-27-10-8-7-9-11-27)22-65-47(41(53)40(52(31)4)37(29)42(56)43(24)59-6)39-38(33)46-45(61-23-62-46)25(2)44(39)63-26(3)54;1-23-16-28-17-30-46(55)51-31-20-59-47(56)48(29-19-32(57-5)33(18-27(29)14-15-49-48)63-34(53)13-12-26-10-8-7-9-11-26)21-64-45(39(51)38(50(30)4)35(28)40(54)41(23)58-6)37-36(31)44-43(60-22-61-44)24(2)42(37)62-25(3)52/h7-13,16,18-19,31-33,40-41,47,51,56H,14-15,17,21-23H2,1-6H3;7-13,16,18-19,30-31,38-39,45-46,49,54-55H,14-15,17,20-22H2,1-6H3/b2*13-12+/t31-,32-,33-,40+,41?,47+,49+;30-,31-,38+,39?,45+,46-,48+/m00/s1. The summed E-state index contributed by atoms with van der Waals surface area (Å²) >= 11 is 2.91. The van der Waals surface area contributed by atoms with Gasteiger partial charge in [0.15, 0.2) is 80.1 Å². The van der Waals surface area contributed by atoms with Crippen LogP contribution < -0.4 is 67.5 Å². The van der Waals surface area contributed by atoms with Gasteiger partial charge >= 0.3 is 35.8 Å². The number of aliphatic hydroxyl groups is 1. The number of carbonyl (C=O) groups excluding carboxylic acids is 6. The number of rotatable bonds is 12. The van der Waals surface area contributed by atoms with E-state index in [4.69, 9.17) is 66.3 Å². The third-order valence-electron chi connectivity index (χ3n) is 27.5. The maximum absolute atomic E-state index is 15.1. The second kappa shape index (κ2) is 33.8. The molecule has 22 rings (SSSR count). The molecule has 14 atom stereocenters. The number of carbonyl (C=O) groups is 6. The van der Waals surface area contributed by atoms with Crippen LogP contribution in [0.1, 0.15) is 149 Å². The van der Waals surface area contributed by atoms with E-state index < -0.39 is 112 Å². The molecule has 8 aromatic rings. The van der Waals surface area contributed by atoms with E-state index in [0.717, 1.165) is 44.5 Å². The van der Waals surface area contributed by atoms with Crippen molar-refractivity contribution in [2.75, 3.05) is 93.9 Å². The number of fused-ring (bicyclic) bond motifs is 18. The molecule has 5 N–H and O–H groups in total. The molecule has 0 aromatic heterocycles. The molecule has 4 saturated heterocycles. The van der Waals surface area contributed by atoms with Gasteiger partial charge in [-0.3, -0.25) is 39.8 Å². The van der Waals surface area contributed by atoms with Gasteiger partial charge < -0.3 is 81.6 Å². The van der Waals surface area contributed by atoms with E-state index in [9.17, 15) is 39.8 Å². The number of ether oxygens (including phenoxy) is 14. The summed E-state index contributed by atoms with van der Waals surface area (Å²) in [5, 5.41) is 54.1. The van der Waals surface area contributed by atoms with Gasteiger partial charge in [-0.05, 0) is 160 Å². The molecule has 0 amide bonds. The Labute approximate surface area is 752 Å². The maximum atomic E-state index is 15.1. The molecule has 2 unspecified atom stereocenters. The Kier molecular flexibility index (Phi) is 22.6. The van der Waals surface area contributed by atoms with Gasteiger partial charge in [0.25, 0.3) is 0 Å². The van der Waals surface area contributed by atoms with Crippen molar-refractivity contribution in [1.29, 1.82) is 5.26 Å². The molecule has 14 heterocycles. The lowest BCUT2D eigenvalue weighted by atomic mass is 9.71. The highest BCUT2D eigenvalue weighted by atomic mass is 32.2. The number of nitrogens with zero attached hydrogens (tertiary/aromatic N) is 5. The number of piperazine rings is 2. The smallest absolute Gasteiger partial charge is 0.336 e.